The first-order chi connectivity index (χ1) is 6.93. The molecule has 2 aromatic rings. The Kier molecular flexibility index (Phi) is 0.851. The number of nitrogens with zero attached hydrogens (tertiary/aromatic N) is 4. The molecule has 1 aliphatic carbocycles. The standard InChI is InChI=1S/C10H4N4/c1-3-6-8-5(1)2-4-7-9(8)10(13-11-6)14-12-7/h1-4H. The minimum atomic E-state index is 0.643. The fourth-order valence-corrected chi connectivity index (χ4v) is 1.99. The highest BCUT2D eigenvalue weighted by atomic mass is 15.2. The van der Waals surface area contributed by atoms with Gasteiger partial charge in [-0.25, -0.2) is 0 Å². The van der Waals surface area contributed by atoms with Crippen molar-refractivity contribution in [3.8, 4) is 0 Å². The molecule has 0 spiro atoms. The molecule has 0 saturated carbocycles. The summed E-state index contributed by atoms with van der Waals surface area (Å²) in [6.07, 6.45) is 4.02. The maximum atomic E-state index is 4.09. The zero-order valence-corrected chi connectivity index (χ0v) is 7.10. The van der Waals surface area contributed by atoms with Crippen molar-refractivity contribution < 1.29 is 0 Å². The van der Waals surface area contributed by atoms with Gasteiger partial charge in [-0.15, -0.1) is 20.4 Å². The van der Waals surface area contributed by atoms with Gasteiger partial charge in [0.1, 0.15) is 0 Å². The van der Waals surface area contributed by atoms with Gasteiger partial charge in [0.2, 0.25) is 5.82 Å². The Morgan fingerprint density at radius 3 is 2.86 bits per heavy atom. The van der Waals surface area contributed by atoms with E-state index in [1.54, 1.807) is 0 Å². The molecule has 0 fully saturated rings. The van der Waals surface area contributed by atoms with Gasteiger partial charge in [0, 0.05) is 5.39 Å². The van der Waals surface area contributed by atoms with Gasteiger partial charge in [-0.3, -0.25) is 0 Å². The first-order valence-electron chi connectivity index (χ1n) is 4.37. The van der Waals surface area contributed by atoms with Crippen molar-refractivity contribution in [2.24, 2.45) is 10.2 Å². The number of hydrogen-bond acceptors (Lipinski definition) is 4. The van der Waals surface area contributed by atoms with Crippen LogP contribution in [0.2, 0.25) is 0 Å². The van der Waals surface area contributed by atoms with Crippen LogP contribution >= 0.6 is 0 Å². The van der Waals surface area contributed by atoms with E-state index in [1.165, 1.54) is 5.56 Å². The molecule has 1 aromatic heterocycles. The van der Waals surface area contributed by atoms with Crippen LogP contribution in [0.25, 0.3) is 22.9 Å². The van der Waals surface area contributed by atoms with Crippen LogP contribution in [0.4, 0.5) is 11.5 Å². The van der Waals surface area contributed by atoms with E-state index < -0.39 is 0 Å². The third-order valence-electron chi connectivity index (χ3n) is 2.62. The molecule has 0 saturated heterocycles. The first-order valence-corrected chi connectivity index (χ1v) is 4.37. The average molecular weight is 180 g/mol. The predicted molar refractivity (Wildman–Crippen MR) is 52.6 cm³/mol. The molecule has 64 valence electrons. The number of benzene rings is 1. The van der Waals surface area contributed by atoms with Crippen LogP contribution in [-0.4, -0.2) is 10.2 Å². The molecule has 0 bridgehead atoms. The van der Waals surface area contributed by atoms with E-state index in [9.17, 15) is 0 Å². The summed E-state index contributed by atoms with van der Waals surface area (Å²) in [5.41, 5.74) is 3.01. The number of rotatable bonds is 0. The van der Waals surface area contributed by atoms with Gasteiger partial charge in [0.25, 0.3) is 0 Å². The van der Waals surface area contributed by atoms with E-state index in [2.05, 4.69) is 20.4 Å². The molecule has 2 aliphatic rings. The van der Waals surface area contributed by atoms with Gasteiger partial charge in [0.15, 0.2) is 0 Å². The van der Waals surface area contributed by atoms with Gasteiger partial charge in [-0.1, -0.05) is 12.1 Å². The van der Waals surface area contributed by atoms with Crippen LogP contribution in [0.5, 0.6) is 0 Å². The van der Waals surface area contributed by atoms with Crippen molar-refractivity contribution in [1.29, 1.82) is 0 Å². The predicted octanol–water partition coefficient (Wildman–Crippen LogP) is 2.84. The van der Waals surface area contributed by atoms with Gasteiger partial charge in [0.05, 0.1) is 16.8 Å². The summed E-state index contributed by atoms with van der Waals surface area (Å²) >= 11 is 0. The van der Waals surface area contributed by atoms with Crippen molar-refractivity contribution in [3.63, 3.8) is 0 Å². The lowest BCUT2D eigenvalue weighted by atomic mass is 10.1. The van der Waals surface area contributed by atoms with E-state index in [1.807, 2.05) is 24.3 Å². The topological polar surface area (TPSA) is 50.5 Å². The maximum absolute atomic E-state index is 4.09. The highest BCUT2D eigenvalue weighted by Crippen LogP contribution is 2.43. The number of hydrogen-bond donors (Lipinski definition) is 0. The zero-order chi connectivity index (χ0) is 9.12. The normalized spacial score (nSPS) is 14.6. The Labute approximate surface area is 79.0 Å². The van der Waals surface area contributed by atoms with Crippen LogP contribution in [0.15, 0.2) is 22.4 Å². The first kappa shape index (κ1) is 6.37. The lowest BCUT2D eigenvalue weighted by Crippen LogP contribution is -1.86. The highest BCUT2D eigenvalue weighted by Gasteiger charge is 2.20. The van der Waals surface area contributed by atoms with E-state index in [-0.39, 0.29) is 0 Å². The Balaban J connectivity index is 2.41. The molecule has 0 atom stereocenters. The molecule has 14 heavy (non-hydrogen) atoms. The lowest BCUT2D eigenvalue weighted by molar-refractivity contribution is 1.02. The molecule has 4 heteroatoms. The van der Waals surface area contributed by atoms with E-state index in [4.69, 9.17) is 0 Å². The summed E-state index contributed by atoms with van der Waals surface area (Å²) in [5.74, 6) is 0.643. The van der Waals surface area contributed by atoms with Crippen molar-refractivity contribution in [1.82, 2.24) is 10.2 Å². The molecule has 4 nitrogen and oxygen atoms in total. The molecule has 4 rings (SSSR count). The van der Waals surface area contributed by atoms with E-state index in [0.717, 1.165) is 22.2 Å². The van der Waals surface area contributed by atoms with E-state index in [0.29, 0.717) is 5.82 Å². The summed E-state index contributed by atoms with van der Waals surface area (Å²) in [6, 6.07) is 4.01. The molecule has 0 amide bonds. The molecular weight excluding hydrogens is 176 g/mol. The van der Waals surface area contributed by atoms with Crippen LogP contribution in [-0.2, 0) is 0 Å². The second-order valence-electron chi connectivity index (χ2n) is 3.37. The summed E-state index contributed by atoms with van der Waals surface area (Å²) < 4.78 is 0. The van der Waals surface area contributed by atoms with Crippen molar-refractivity contribution in [2.45, 2.75) is 0 Å². The number of aromatic nitrogens is 2. The summed E-state index contributed by atoms with van der Waals surface area (Å²) in [7, 11) is 0. The average Bonchev–Trinajstić information content (AvgIpc) is 2.77. The molecular formula is C10H4N4. The second-order valence-corrected chi connectivity index (χ2v) is 3.37. The molecule has 0 radical (unpaired) electrons. The molecule has 1 aliphatic heterocycles. The minimum Gasteiger partial charge on any atom is -0.148 e. The van der Waals surface area contributed by atoms with Crippen molar-refractivity contribution in [2.75, 3.05) is 0 Å². The van der Waals surface area contributed by atoms with Crippen LogP contribution < -0.4 is 0 Å². The zero-order valence-electron chi connectivity index (χ0n) is 7.10. The minimum absolute atomic E-state index is 0.643. The molecule has 2 heterocycles. The smallest absolute Gasteiger partial charge is 0.148 e. The van der Waals surface area contributed by atoms with Gasteiger partial charge >= 0.3 is 0 Å². The third kappa shape index (κ3) is 0.546. The van der Waals surface area contributed by atoms with Crippen molar-refractivity contribution in [3.05, 3.63) is 23.4 Å². The molecule has 0 unspecified atom stereocenters. The maximum Gasteiger partial charge on any atom is 0.206 e. The van der Waals surface area contributed by atoms with E-state index >= 15 is 0 Å². The lowest BCUT2D eigenvalue weighted by Gasteiger charge is -2.00. The molecule has 1 aromatic carbocycles. The summed E-state index contributed by atoms with van der Waals surface area (Å²) in [5, 5.41) is 18.3. The van der Waals surface area contributed by atoms with Gasteiger partial charge in [-0.05, 0) is 17.7 Å². The Hall–Kier alpha value is -2.10. The van der Waals surface area contributed by atoms with Gasteiger partial charge in [-0.2, -0.15) is 0 Å². The Morgan fingerprint density at radius 1 is 0.857 bits per heavy atom. The summed E-state index contributed by atoms with van der Waals surface area (Å²) in [4.78, 5) is 0. The monoisotopic (exact) mass is 180 g/mol. The van der Waals surface area contributed by atoms with Crippen LogP contribution in [0.3, 0.4) is 0 Å². The SMILES string of the molecule is C1=Cc2nnc3c4c(ccc1c24)N=N3. The quantitative estimate of drug-likeness (QED) is 0.417. The second kappa shape index (κ2) is 1.87. The van der Waals surface area contributed by atoms with Crippen molar-refractivity contribution >= 4 is 34.4 Å². The number of azo groups is 1. The van der Waals surface area contributed by atoms with Crippen LogP contribution in [0.1, 0.15) is 11.3 Å². The van der Waals surface area contributed by atoms with Crippen LogP contribution in [0, 0.1) is 0 Å². The van der Waals surface area contributed by atoms with Gasteiger partial charge < -0.3 is 0 Å². The third-order valence-corrected chi connectivity index (χ3v) is 2.62. The summed E-state index contributed by atoms with van der Waals surface area (Å²) in [6.45, 7) is 0. The fourth-order valence-electron chi connectivity index (χ4n) is 1.99. The fraction of sp³-hybridized carbons (Fsp3) is 0. The molecule has 0 N–H and O–H groups in total. The Bertz CT molecular complexity index is 533. The largest absolute Gasteiger partial charge is 0.206 e. The Morgan fingerprint density at radius 2 is 1.86 bits per heavy atom. The highest BCUT2D eigenvalue weighted by molar-refractivity contribution is 6.11.